The number of unbranched alkanes of at least 4 members (excludes halogenated alkanes) is 8. The summed E-state index contributed by atoms with van der Waals surface area (Å²) in [6.45, 7) is 8.75. The molecule has 0 aliphatic carbocycles. The average molecular weight is 629 g/mol. The van der Waals surface area contributed by atoms with Gasteiger partial charge in [0, 0.05) is 64.5 Å². The van der Waals surface area contributed by atoms with E-state index < -0.39 is 11.8 Å². The van der Waals surface area contributed by atoms with Crippen LogP contribution in [-0.2, 0) is 19.2 Å². The Hall–Kier alpha value is -2.41. The molecule has 43 heavy (non-hydrogen) atoms. The molecular formula is C31H56N4O7S. The predicted molar refractivity (Wildman–Crippen MR) is 170 cm³/mol. The van der Waals surface area contributed by atoms with Crippen LogP contribution in [0.4, 0.5) is 0 Å². The summed E-state index contributed by atoms with van der Waals surface area (Å²) in [5, 5.41) is 34.5. The van der Waals surface area contributed by atoms with Gasteiger partial charge in [0.05, 0.1) is 0 Å². The first kappa shape index (κ1) is 40.6. The van der Waals surface area contributed by atoms with Crippen LogP contribution in [0.3, 0.4) is 0 Å². The smallest absolute Gasteiger partial charge is 0.246 e. The van der Waals surface area contributed by atoms with Gasteiger partial charge in [-0.25, -0.2) is 15.2 Å². The molecule has 0 rings (SSSR count). The summed E-state index contributed by atoms with van der Waals surface area (Å²) in [5.41, 5.74) is 0.724. The fraction of sp³-hybridized carbons (Fsp3) is 0.774. The summed E-state index contributed by atoms with van der Waals surface area (Å²) in [4.78, 5) is 48.2. The topological polar surface area (TPSA) is 151 Å². The van der Waals surface area contributed by atoms with Crippen molar-refractivity contribution in [1.82, 2.24) is 20.5 Å². The van der Waals surface area contributed by atoms with E-state index in [4.69, 9.17) is 12.2 Å². The molecule has 0 radical (unpaired) electrons. The zero-order chi connectivity index (χ0) is 32.5. The molecule has 0 atom stereocenters. The van der Waals surface area contributed by atoms with E-state index in [1.807, 2.05) is 0 Å². The summed E-state index contributed by atoms with van der Waals surface area (Å²) in [6, 6.07) is 0. The summed E-state index contributed by atoms with van der Waals surface area (Å²) in [5.74, 6) is -1.20. The zero-order valence-electron chi connectivity index (χ0n) is 26.5. The second kappa shape index (κ2) is 26.0. The van der Waals surface area contributed by atoms with E-state index >= 15 is 0 Å². The Bertz CT molecular complexity index is 856. The van der Waals surface area contributed by atoms with Crippen molar-refractivity contribution in [2.45, 2.75) is 129 Å². The molecule has 248 valence electrons. The molecule has 0 aromatic rings. The highest BCUT2D eigenvalue weighted by atomic mass is 32.1. The highest BCUT2D eigenvalue weighted by Gasteiger charge is 2.13. The van der Waals surface area contributed by atoms with Crippen molar-refractivity contribution in [1.29, 1.82) is 0 Å². The number of nitrogens with zero attached hydrogens (tertiary/aromatic N) is 3. The quantitative estimate of drug-likeness (QED) is 0.0368. The minimum Gasteiger partial charge on any atom is -0.389 e. The lowest BCUT2D eigenvalue weighted by Gasteiger charge is -2.16. The molecule has 0 aliphatic heterocycles. The van der Waals surface area contributed by atoms with Crippen molar-refractivity contribution in [2.75, 3.05) is 26.2 Å². The van der Waals surface area contributed by atoms with Crippen LogP contribution in [0.25, 0.3) is 0 Å². The van der Waals surface area contributed by atoms with E-state index in [9.17, 15) is 34.8 Å². The molecule has 0 spiro atoms. The SMILES string of the molecule is C=C(CCC(=O)N(O)CCCCCCC(=S)CC)NCCCCCN(O)C(=O)CCC(=O)CCCCCCN(O)C(C)=O. The second-order valence-corrected chi connectivity index (χ2v) is 11.6. The molecule has 11 nitrogen and oxygen atoms in total. The number of carbonyl (C=O) groups is 4. The molecule has 0 saturated carbocycles. The Kier molecular flexibility index (Phi) is 24.6. The molecule has 0 aromatic carbocycles. The maximum atomic E-state index is 12.1. The van der Waals surface area contributed by atoms with E-state index in [-0.39, 0.29) is 44.0 Å². The normalized spacial score (nSPS) is 10.7. The van der Waals surface area contributed by atoms with Gasteiger partial charge in [0.2, 0.25) is 17.7 Å². The molecule has 0 aromatic heterocycles. The molecule has 0 unspecified atom stereocenters. The number of allylic oxidation sites excluding steroid dienone is 1. The highest BCUT2D eigenvalue weighted by Crippen LogP contribution is 2.10. The number of nitrogens with one attached hydrogen (secondary N) is 1. The third kappa shape index (κ3) is 23.7. The largest absolute Gasteiger partial charge is 0.389 e. The van der Waals surface area contributed by atoms with E-state index in [2.05, 4.69) is 18.8 Å². The first-order valence-corrected chi connectivity index (χ1v) is 16.3. The molecular weight excluding hydrogens is 572 g/mol. The van der Waals surface area contributed by atoms with Crippen molar-refractivity contribution in [3.05, 3.63) is 12.3 Å². The number of carbonyl (C=O) groups excluding carboxylic acids is 4. The van der Waals surface area contributed by atoms with E-state index in [0.29, 0.717) is 55.3 Å². The van der Waals surface area contributed by atoms with Crippen molar-refractivity contribution in [3.8, 4) is 0 Å². The number of hydroxylamine groups is 6. The zero-order valence-corrected chi connectivity index (χ0v) is 27.3. The van der Waals surface area contributed by atoms with E-state index in [0.717, 1.165) is 79.8 Å². The number of thiocarbonyl (C=S) groups is 1. The lowest BCUT2D eigenvalue weighted by Crippen LogP contribution is -2.29. The van der Waals surface area contributed by atoms with Gasteiger partial charge in [0.25, 0.3) is 0 Å². The minimum absolute atomic E-state index is 0.0203. The molecule has 3 amide bonds. The lowest BCUT2D eigenvalue weighted by molar-refractivity contribution is -0.166. The van der Waals surface area contributed by atoms with Crippen LogP contribution < -0.4 is 5.32 Å². The number of amides is 3. The molecule has 0 fully saturated rings. The van der Waals surface area contributed by atoms with Crippen LogP contribution in [0, 0.1) is 0 Å². The summed E-state index contributed by atoms with van der Waals surface area (Å²) in [7, 11) is 0. The minimum atomic E-state index is -0.466. The molecule has 0 bridgehead atoms. The first-order valence-electron chi connectivity index (χ1n) is 15.9. The third-order valence-electron chi connectivity index (χ3n) is 7.16. The standard InChI is InChI=1S/C31H56N4O7S/c1-4-29(43)17-11-6-8-14-24-34(41)30(38)20-18-26(2)32-22-12-9-15-25-35(42)31(39)21-19-28(37)16-10-5-7-13-23-33(40)27(3)36/h32,40-42H,2,4-25H2,1,3H3. The third-order valence-corrected chi connectivity index (χ3v) is 7.66. The molecule has 12 heteroatoms. The second-order valence-electron chi connectivity index (χ2n) is 11.0. The maximum Gasteiger partial charge on any atom is 0.246 e. The highest BCUT2D eigenvalue weighted by molar-refractivity contribution is 7.80. The Morgan fingerprint density at radius 1 is 0.628 bits per heavy atom. The van der Waals surface area contributed by atoms with Gasteiger partial charge in [-0.05, 0) is 69.1 Å². The van der Waals surface area contributed by atoms with Crippen molar-refractivity contribution in [2.24, 2.45) is 0 Å². The van der Waals surface area contributed by atoms with Crippen LogP contribution >= 0.6 is 12.2 Å². The Morgan fingerprint density at radius 2 is 1.09 bits per heavy atom. The number of rotatable bonds is 28. The number of hydrogen-bond acceptors (Lipinski definition) is 9. The lowest BCUT2D eigenvalue weighted by atomic mass is 10.1. The van der Waals surface area contributed by atoms with Gasteiger partial charge < -0.3 is 5.32 Å². The van der Waals surface area contributed by atoms with Gasteiger partial charge in [-0.2, -0.15) is 0 Å². The first-order chi connectivity index (χ1) is 20.5. The molecule has 0 heterocycles. The van der Waals surface area contributed by atoms with Gasteiger partial charge in [-0.1, -0.05) is 51.4 Å². The van der Waals surface area contributed by atoms with Crippen LogP contribution in [0.15, 0.2) is 12.3 Å². The number of ketones is 1. The van der Waals surface area contributed by atoms with Crippen LogP contribution in [0.2, 0.25) is 0 Å². The number of Topliss-reactive ketones (excluding diaryl/α,β-unsaturated/α-hetero) is 1. The molecule has 0 aliphatic rings. The number of hydrogen-bond donors (Lipinski definition) is 4. The van der Waals surface area contributed by atoms with Gasteiger partial charge in [-0.3, -0.25) is 34.8 Å². The predicted octanol–water partition coefficient (Wildman–Crippen LogP) is 5.74. The summed E-state index contributed by atoms with van der Waals surface area (Å²) in [6.07, 6.45) is 11.9. The van der Waals surface area contributed by atoms with Gasteiger partial charge in [0.15, 0.2) is 0 Å². The van der Waals surface area contributed by atoms with Crippen molar-refractivity contribution < 1.29 is 34.8 Å². The Morgan fingerprint density at radius 3 is 1.63 bits per heavy atom. The van der Waals surface area contributed by atoms with Crippen LogP contribution in [0.1, 0.15) is 129 Å². The van der Waals surface area contributed by atoms with Gasteiger partial charge in [-0.15, -0.1) is 0 Å². The maximum absolute atomic E-state index is 12.1. The van der Waals surface area contributed by atoms with Gasteiger partial charge >= 0.3 is 0 Å². The monoisotopic (exact) mass is 628 g/mol. The molecule has 0 saturated heterocycles. The van der Waals surface area contributed by atoms with Crippen LogP contribution in [-0.4, -0.2) is 85.4 Å². The van der Waals surface area contributed by atoms with Gasteiger partial charge in [0.1, 0.15) is 5.78 Å². The van der Waals surface area contributed by atoms with E-state index in [1.54, 1.807) is 0 Å². The summed E-state index contributed by atoms with van der Waals surface area (Å²) >= 11 is 5.22. The average Bonchev–Trinajstić information content (AvgIpc) is 2.98. The molecule has 4 N–H and O–H groups in total. The van der Waals surface area contributed by atoms with E-state index in [1.165, 1.54) is 6.92 Å². The fourth-order valence-electron chi connectivity index (χ4n) is 4.26. The Balaban J connectivity index is 3.76. The van der Waals surface area contributed by atoms with Crippen molar-refractivity contribution >= 4 is 40.6 Å². The fourth-order valence-corrected chi connectivity index (χ4v) is 4.41. The van der Waals surface area contributed by atoms with Crippen molar-refractivity contribution in [3.63, 3.8) is 0 Å². The Labute approximate surface area is 263 Å². The van der Waals surface area contributed by atoms with Crippen LogP contribution in [0.5, 0.6) is 0 Å². The summed E-state index contributed by atoms with van der Waals surface area (Å²) < 4.78 is 0.